The lowest BCUT2D eigenvalue weighted by Crippen LogP contribution is -2.07. The van der Waals surface area contributed by atoms with Gasteiger partial charge in [-0.1, -0.05) is 30.3 Å². The van der Waals surface area contributed by atoms with Crippen molar-refractivity contribution in [1.82, 2.24) is 4.57 Å². The Labute approximate surface area is 138 Å². The molecule has 0 aliphatic heterocycles. The number of nitrogens with zero attached hydrogens (tertiary/aromatic N) is 2. The molecule has 0 spiro atoms. The molecule has 0 radical (unpaired) electrons. The molecule has 0 aliphatic carbocycles. The zero-order chi connectivity index (χ0) is 16.9. The summed E-state index contributed by atoms with van der Waals surface area (Å²) in [6.45, 7) is 0.928. The van der Waals surface area contributed by atoms with E-state index in [4.69, 9.17) is 4.74 Å². The minimum atomic E-state index is -0.459. The highest BCUT2D eigenvalue weighted by Crippen LogP contribution is 2.26. The lowest BCUT2D eigenvalue weighted by Gasteiger charge is -2.09. The van der Waals surface area contributed by atoms with Gasteiger partial charge in [-0.3, -0.25) is 14.9 Å². The molecular formula is C18H16N2O4. The van der Waals surface area contributed by atoms with Crippen LogP contribution < -0.4 is 4.74 Å². The molecule has 0 amide bonds. The second-order valence-corrected chi connectivity index (χ2v) is 5.32. The van der Waals surface area contributed by atoms with Crippen LogP contribution in [0.1, 0.15) is 16.9 Å². The number of ether oxygens (including phenoxy) is 1. The maximum Gasteiger partial charge on any atom is 0.310 e. The highest BCUT2D eigenvalue weighted by Gasteiger charge is 2.13. The third-order valence-electron chi connectivity index (χ3n) is 3.81. The van der Waals surface area contributed by atoms with Gasteiger partial charge in [0, 0.05) is 23.5 Å². The van der Waals surface area contributed by atoms with Gasteiger partial charge in [-0.05, 0) is 24.6 Å². The fraction of sp³-hybridized carbons (Fsp3) is 0.167. The van der Waals surface area contributed by atoms with Crippen molar-refractivity contribution in [3.8, 4) is 5.75 Å². The van der Waals surface area contributed by atoms with Crippen LogP contribution >= 0.6 is 0 Å². The summed E-state index contributed by atoms with van der Waals surface area (Å²) >= 11 is 0. The van der Waals surface area contributed by atoms with E-state index in [9.17, 15) is 14.9 Å². The summed E-state index contributed by atoms with van der Waals surface area (Å²) in [4.78, 5) is 21.7. The first-order valence-electron chi connectivity index (χ1n) is 7.60. The average molecular weight is 324 g/mol. The van der Waals surface area contributed by atoms with Crippen LogP contribution in [0.4, 0.5) is 5.69 Å². The number of fused-ring (bicyclic) bond motifs is 1. The Morgan fingerprint density at radius 2 is 1.88 bits per heavy atom. The largest absolute Gasteiger partial charge is 0.487 e. The molecule has 0 bridgehead atoms. The molecule has 0 atom stereocenters. The smallest absolute Gasteiger partial charge is 0.310 e. The Morgan fingerprint density at radius 1 is 1.12 bits per heavy atom. The molecule has 2 aromatic carbocycles. The second kappa shape index (κ2) is 6.95. The Kier molecular flexibility index (Phi) is 4.56. The van der Waals surface area contributed by atoms with Crippen molar-refractivity contribution in [3.05, 3.63) is 70.4 Å². The van der Waals surface area contributed by atoms with Gasteiger partial charge in [-0.25, -0.2) is 0 Å². The third-order valence-corrected chi connectivity index (χ3v) is 3.81. The Hall–Kier alpha value is -3.15. The number of carbonyl (C=O) groups is 1. The number of nitro groups is 1. The van der Waals surface area contributed by atoms with Gasteiger partial charge in [0.05, 0.1) is 17.2 Å². The first kappa shape index (κ1) is 15.7. The molecule has 0 saturated carbocycles. The van der Waals surface area contributed by atoms with Crippen molar-refractivity contribution < 1.29 is 14.5 Å². The van der Waals surface area contributed by atoms with Crippen LogP contribution in [0, 0.1) is 10.1 Å². The van der Waals surface area contributed by atoms with Gasteiger partial charge in [0.25, 0.3) is 0 Å². The quantitative estimate of drug-likeness (QED) is 0.286. The van der Waals surface area contributed by atoms with E-state index in [1.54, 1.807) is 18.2 Å². The molecule has 0 saturated heterocycles. The number of aryl methyl sites for hydroxylation is 1. The number of hydrogen-bond donors (Lipinski definition) is 0. The summed E-state index contributed by atoms with van der Waals surface area (Å²) in [5, 5.41) is 12.0. The number of nitro benzene ring substituents is 1. The van der Waals surface area contributed by atoms with Crippen LogP contribution in [0.3, 0.4) is 0 Å². The zero-order valence-electron chi connectivity index (χ0n) is 12.9. The summed E-state index contributed by atoms with van der Waals surface area (Å²) in [6, 6.07) is 15.9. The minimum absolute atomic E-state index is 0.0440. The third kappa shape index (κ3) is 3.12. The van der Waals surface area contributed by atoms with E-state index in [1.165, 1.54) is 6.07 Å². The summed E-state index contributed by atoms with van der Waals surface area (Å²) < 4.78 is 7.47. The number of carbonyl (C=O) groups excluding carboxylic acids is 1. The van der Waals surface area contributed by atoms with Crippen LogP contribution in [0.25, 0.3) is 10.9 Å². The molecule has 3 aromatic rings. The second-order valence-electron chi connectivity index (χ2n) is 5.32. The fourth-order valence-electron chi connectivity index (χ4n) is 2.71. The Morgan fingerprint density at radius 3 is 2.67 bits per heavy atom. The van der Waals surface area contributed by atoms with Crippen LogP contribution in [0.2, 0.25) is 0 Å². The van der Waals surface area contributed by atoms with Gasteiger partial charge in [-0.15, -0.1) is 0 Å². The van der Waals surface area contributed by atoms with Crippen LogP contribution in [-0.2, 0) is 6.54 Å². The zero-order valence-corrected chi connectivity index (χ0v) is 12.9. The van der Waals surface area contributed by atoms with Gasteiger partial charge in [0.1, 0.15) is 0 Å². The van der Waals surface area contributed by atoms with Gasteiger partial charge < -0.3 is 9.30 Å². The van der Waals surface area contributed by atoms with Crippen molar-refractivity contribution in [2.24, 2.45) is 0 Å². The SMILES string of the molecule is O=Cc1cc2ccccc2n1CCCOc1ccccc1[N+](=O)[O-]. The first-order valence-corrected chi connectivity index (χ1v) is 7.60. The molecule has 122 valence electrons. The number of para-hydroxylation sites is 3. The number of aromatic nitrogens is 1. The van der Waals surface area contributed by atoms with Crippen molar-refractivity contribution >= 4 is 22.9 Å². The van der Waals surface area contributed by atoms with E-state index in [-0.39, 0.29) is 11.4 Å². The predicted molar refractivity (Wildman–Crippen MR) is 90.5 cm³/mol. The summed E-state index contributed by atoms with van der Waals surface area (Å²) in [5.41, 5.74) is 1.56. The van der Waals surface area contributed by atoms with Gasteiger partial charge in [-0.2, -0.15) is 0 Å². The summed E-state index contributed by atoms with van der Waals surface area (Å²) in [5.74, 6) is 0.260. The standard InChI is InChI=1S/C18H16N2O4/c21-13-15-12-14-6-1-2-7-16(14)19(15)10-5-11-24-18-9-4-3-8-17(18)20(22)23/h1-4,6-9,12-13H,5,10-11H2. The normalized spacial score (nSPS) is 10.7. The first-order chi connectivity index (χ1) is 11.7. The van der Waals surface area contributed by atoms with Gasteiger partial charge in [0.2, 0.25) is 0 Å². The molecule has 3 rings (SSSR count). The number of rotatable bonds is 7. The van der Waals surface area contributed by atoms with Crippen LogP contribution in [0.5, 0.6) is 5.75 Å². The van der Waals surface area contributed by atoms with E-state index in [0.29, 0.717) is 25.3 Å². The van der Waals surface area contributed by atoms with Crippen LogP contribution in [0.15, 0.2) is 54.6 Å². The molecule has 24 heavy (non-hydrogen) atoms. The van der Waals surface area contributed by atoms with E-state index >= 15 is 0 Å². The maximum absolute atomic E-state index is 11.2. The van der Waals surface area contributed by atoms with E-state index < -0.39 is 4.92 Å². The average Bonchev–Trinajstić information content (AvgIpc) is 2.97. The van der Waals surface area contributed by atoms with Crippen molar-refractivity contribution in [2.75, 3.05) is 6.61 Å². The van der Waals surface area contributed by atoms with E-state index in [0.717, 1.165) is 17.2 Å². The molecule has 6 nitrogen and oxygen atoms in total. The Balaban J connectivity index is 1.68. The highest BCUT2D eigenvalue weighted by atomic mass is 16.6. The molecule has 1 heterocycles. The van der Waals surface area contributed by atoms with Gasteiger partial charge >= 0.3 is 5.69 Å². The number of hydrogen-bond acceptors (Lipinski definition) is 4. The van der Waals surface area contributed by atoms with Crippen molar-refractivity contribution in [3.63, 3.8) is 0 Å². The van der Waals surface area contributed by atoms with E-state index in [1.807, 2.05) is 34.9 Å². The lowest BCUT2D eigenvalue weighted by atomic mass is 10.2. The number of benzene rings is 2. The predicted octanol–water partition coefficient (Wildman–Crippen LogP) is 3.83. The lowest BCUT2D eigenvalue weighted by molar-refractivity contribution is -0.385. The molecule has 0 aliphatic rings. The Bertz CT molecular complexity index is 886. The van der Waals surface area contributed by atoms with Crippen molar-refractivity contribution in [1.29, 1.82) is 0 Å². The monoisotopic (exact) mass is 324 g/mol. The number of aldehydes is 1. The highest BCUT2D eigenvalue weighted by molar-refractivity contribution is 5.88. The molecule has 0 unspecified atom stereocenters. The van der Waals surface area contributed by atoms with Crippen LogP contribution in [-0.4, -0.2) is 22.4 Å². The summed E-state index contributed by atoms with van der Waals surface area (Å²) in [7, 11) is 0. The topological polar surface area (TPSA) is 74.4 Å². The molecular weight excluding hydrogens is 308 g/mol. The minimum Gasteiger partial charge on any atom is -0.487 e. The van der Waals surface area contributed by atoms with Gasteiger partial charge in [0.15, 0.2) is 12.0 Å². The fourth-order valence-corrected chi connectivity index (χ4v) is 2.71. The van der Waals surface area contributed by atoms with E-state index in [2.05, 4.69) is 0 Å². The summed E-state index contributed by atoms with van der Waals surface area (Å²) in [6.07, 6.45) is 1.47. The molecule has 0 fully saturated rings. The maximum atomic E-state index is 11.2. The molecule has 1 aromatic heterocycles. The van der Waals surface area contributed by atoms with Crippen molar-refractivity contribution in [2.45, 2.75) is 13.0 Å². The molecule has 0 N–H and O–H groups in total. The molecule has 6 heteroatoms.